The number of aliphatic hydroxyl groups excluding tert-OH is 1. The summed E-state index contributed by atoms with van der Waals surface area (Å²) >= 11 is 1.55. The molecule has 0 spiro atoms. The van der Waals surface area contributed by atoms with E-state index in [0.29, 0.717) is 37.8 Å². The Bertz CT molecular complexity index is 2650. The first kappa shape index (κ1) is 60.5. The predicted molar refractivity (Wildman–Crippen MR) is 290 cm³/mol. The summed E-state index contributed by atoms with van der Waals surface area (Å²) in [5.41, 5.74) is 8.78. The number of primary amides is 1. The number of benzene rings is 2. The van der Waals surface area contributed by atoms with Crippen molar-refractivity contribution in [2.75, 3.05) is 26.2 Å². The smallest absolute Gasteiger partial charge is 0.408 e. The lowest BCUT2D eigenvalue weighted by molar-refractivity contribution is -0.145. The van der Waals surface area contributed by atoms with Crippen molar-refractivity contribution in [1.82, 2.24) is 41.0 Å². The molecule has 6 rings (SSSR count). The maximum atomic E-state index is 16.1. The number of aromatic nitrogens is 1. The average molecular weight is 1100 g/mol. The van der Waals surface area contributed by atoms with Gasteiger partial charge in [0.2, 0.25) is 41.4 Å². The number of nitrogens with two attached hydrogens (primary N) is 1. The first-order valence-corrected chi connectivity index (χ1v) is 27.7. The Morgan fingerprint density at radius 2 is 1.62 bits per heavy atom. The molecule has 78 heavy (non-hydrogen) atoms. The standard InChI is InChI=1S/C56H78FN9O11S/c1-32(35-17-19-37(20-18-35)48-33(2)59-31-78-48)60-51(72)43-27-40(68)28-65(43)53(74)49(55(4,5)6)63-46(70)16-11-10-13-36-14-12-15-44(47(36)57)76-30-38(21-24-45(58)69)61-50(71)42-23-22-39-25-26-64(34(3)67)29-41(52(73)66(39)42)62-54(75)77-56(7,8)9/h12,14-15,17-20,31-32,38-43,49,68H,10-11,13,16,21-30H2,1-9H3,(H2,58,69)(H,60,72)(H,61,71)(H,62,75)(H,63,70)/t32?,38?,39-,40-,41+,42+,43+,49?/m1/s1. The molecule has 7 N–H and O–H groups in total. The molecule has 3 aliphatic rings. The van der Waals surface area contributed by atoms with Gasteiger partial charge in [-0.05, 0) is 108 Å². The number of fused-ring (bicyclic) bond motifs is 1. The molecule has 3 aromatic rings. The van der Waals surface area contributed by atoms with Crippen LogP contribution in [0.3, 0.4) is 0 Å². The average Bonchev–Trinajstić information content (AvgIpc) is 4.13. The summed E-state index contributed by atoms with van der Waals surface area (Å²) in [6.07, 6.45) is 0.314. The molecule has 0 saturated carbocycles. The molecule has 20 nitrogen and oxygen atoms in total. The molecule has 8 atom stereocenters. The molecular formula is C56H78FN9O11S. The minimum absolute atomic E-state index is 0.0207. The van der Waals surface area contributed by atoms with Gasteiger partial charge in [-0.2, -0.15) is 0 Å². The van der Waals surface area contributed by atoms with Gasteiger partial charge in [0.15, 0.2) is 11.6 Å². The van der Waals surface area contributed by atoms with Crippen molar-refractivity contribution < 1.29 is 57.3 Å². The lowest BCUT2D eigenvalue weighted by Gasteiger charge is -2.38. The number of hydrogen-bond donors (Lipinski definition) is 6. The number of likely N-dealkylation sites (tertiary alicyclic amines) is 1. The Morgan fingerprint density at radius 3 is 2.26 bits per heavy atom. The van der Waals surface area contributed by atoms with Crippen LogP contribution in [0.25, 0.3) is 10.4 Å². The number of nitrogens with zero attached hydrogens (tertiary/aromatic N) is 4. The summed E-state index contributed by atoms with van der Waals surface area (Å²) in [5, 5.41) is 22.1. The highest BCUT2D eigenvalue weighted by atomic mass is 32.1. The summed E-state index contributed by atoms with van der Waals surface area (Å²) < 4.78 is 27.4. The zero-order valence-corrected chi connectivity index (χ0v) is 47.1. The Morgan fingerprint density at radius 1 is 0.910 bits per heavy atom. The second kappa shape index (κ2) is 26.3. The maximum absolute atomic E-state index is 16.1. The van der Waals surface area contributed by atoms with Crippen LogP contribution in [-0.4, -0.2) is 146 Å². The van der Waals surface area contributed by atoms with Crippen LogP contribution in [0.4, 0.5) is 9.18 Å². The van der Waals surface area contributed by atoms with E-state index in [9.17, 15) is 43.5 Å². The zero-order valence-electron chi connectivity index (χ0n) is 46.3. The van der Waals surface area contributed by atoms with E-state index >= 15 is 4.39 Å². The highest BCUT2D eigenvalue weighted by Gasteiger charge is 2.47. The number of alkyl carbamates (subject to hydrolysis) is 1. The Hall–Kier alpha value is -6.68. The molecule has 3 aliphatic heterocycles. The van der Waals surface area contributed by atoms with Crippen molar-refractivity contribution in [3.8, 4) is 16.2 Å². The Labute approximate surface area is 460 Å². The van der Waals surface area contributed by atoms with E-state index in [2.05, 4.69) is 26.3 Å². The van der Waals surface area contributed by atoms with Crippen molar-refractivity contribution in [3.63, 3.8) is 0 Å². The van der Waals surface area contributed by atoms with Crippen LogP contribution in [0.5, 0.6) is 5.75 Å². The number of β-amino-alcohol motifs (C(OH)–C–C–N with tert-alkyl or cyclic N) is 1. The molecular weight excluding hydrogens is 1030 g/mol. The Kier molecular flexibility index (Phi) is 20.4. The quantitative estimate of drug-likeness (QED) is 0.0819. The first-order chi connectivity index (χ1) is 36.7. The van der Waals surface area contributed by atoms with Gasteiger partial charge in [0.25, 0.3) is 0 Å². The first-order valence-electron chi connectivity index (χ1n) is 26.9. The molecule has 8 amide bonds. The maximum Gasteiger partial charge on any atom is 0.408 e. The second-order valence-corrected chi connectivity index (χ2v) is 23.6. The molecule has 3 fully saturated rings. The van der Waals surface area contributed by atoms with Gasteiger partial charge < -0.3 is 56.3 Å². The molecule has 2 aromatic carbocycles. The van der Waals surface area contributed by atoms with Crippen molar-refractivity contribution in [1.29, 1.82) is 0 Å². The largest absolute Gasteiger partial charge is 0.488 e. The topological polar surface area (TPSA) is 272 Å². The normalized spacial score (nSPS) is 20.8. The van der Waals surface area contributed by atoms with E-state index in [1.165, 1.54) is 27.7 Å². The molecule has 0 radical (unpaired) electrons. The number of rotatable bonds is 20. The number of halogens is 1. The number of aliphatic hydroxyl groups is 1. The fourth-order valence-corrected chi connectivity index (χ4v) is 11.0. The fourth-order valence-electron chi connectivity index (χ4n) is 10.2. The van der Waals surface area contributed by atoms with Crippen molar-refractivity contribution in [2.24, 2.45) is 11.1 Å². The van der Waals surface area contributed by atoms with Crippen LogP contribution >= 0.6 is 11.3 Å². The number of amides is 8. The summed E-state index contributed by atoms with van der Waals surface area (Å²) in [5.74, 6) is -4.04. The number of carbonyl (C=O) groups is 8. The third-order valence-electron chi connectivity index (χ3n) is 14.4. The van der Waals surface area contributed by atoms with E-state index in [0.717, 1.165) is 21.7 Å². The van der Waals surface area contributed by atoms with Crippen LogP contribution < -0.4 is 31.7 Å². The number of thiazole rings is 1. The van der Waals surface area contributed by atoms with E-state index in [4.69, 9.17) is 15.2 Å². The number of carbonyl (C=O) groups excluding carboxylic acids is 8. The highest BCUT2D eigenvalue weighted by molar-refractivity contribution is 7.13. The lowest BCUT2D eigenvalue weighted by Crippen LogP contribution is -2.61. The highest BCUT2D eigenvalue weighted by Crippen LogP contribution is 2.32. The van der Waals surface area contributed by atoms with Gasteiger partial charge >= 0.3 is 6.09 Å². The van der Waals surface area contributed by atoms with Gasteiger partial charge in [0, 0.05) is 45.3 Å². The Balaban J connectivity index is 1.02. The number of unbranched alkanes of at least 4 members (excludes halogenated alkanes) is 1. The van der Waals surface area contributed by atoms with Gasteiger partial charge in [-0.15, -0.1) is 11.3 Å². The molecule has 0 aliphatic carbocycles. The van der Waals surface area contributed by atoms with Crippen molar-refractivity contribution >= 4 is 58.8 Å². The fraction of sp³-hybridized carbons (Fsp3) is 0.589. The monoisotopic (exact) mass is 1100 g/mol. The molecule has 22 heteroatoms. The van der Waals surface area contributed by atoms with Gasteiger partial charge in [0.1, 0.15) is 36.4 Å². The minimum atomic E-state index is -1.20. The van der Waals surface area contributed by atoms with E-state index in [1.54, 1.807) is 70.5 Å². The third-order valence-corrected chi connectivity index (χ3v) is 15.3. The molecule has 1 aromatic heterocycles. The summed E-state index contributed by atoms with van der Waals surface area (Å²) in [4.78, 5) is 117. The zero-order chi connectivity index (χ0) is 57.2. The van der Waals surface area contributed by atoms with Gasteiger partial charge in [-0.3, -0.25) is 33.6 Å². The third kappa shape index (κ3) is 16.2. The van der Waals surface area contributed by atoms with Crippen LogP contribution in [0.2, 0.25) is 0 Å². The van der Waals surface area contributed by atoms with Gasteiger partial charge in [0.05, 0.1) is 40.8 Å². The van der Waals surface area contributed by atoms with E-state index < -0.39 is 107 Å². The molecule has 3 unspecified atom stereocenters. The summed E-state index contributed by atoms with van der Waals surface area (Å²) in [6, 6.07) is 6.69. The van der Waals surface area contributed by atoms with Crippen LogP contribution in [0, 0.1) is 18.2 Å². The summed E-state index contributed by atoms with van der Waals surface area (Å²) in [6.45, 7) is 15.5. The van der Waals surface area contributed by atoms with E-state index in [-0.39, 0.29) is 69.9 Å². The van der Waals surface area contributed by atoms with Crippen LogP contribution in [0.15, 0.2) is 48.0 Å². The van der Waals surface area contributed by atoms with Crippen molar-refractivity contribution in [2.45, 2.75) is 181 Å². The predicted octanol–water partition coefficient (Wildman–Crippen LogP) is 4.97. The van der Waals surface area contributed by atoms with Crippen LogP contribution in [0.1, 0.15) is 136 Å². The van der Waals surface area contributed by atoms with Crippen LogP contribution in [-0.2, 0) is 44.7 Å². The van der Waals surface area contributed by atoms with Crippen molar-refractivity contribution in [3.05, 3.63) is 70.6 Å². The molecule has 0 bridgehead atoms. The lowest BCUT2D eigenvalue weighted by atomic mass is 9.85. The number of nitrogens with one attached hydrogen (secondary N) is 4. The van der Waals surface area contributed by atoms with Gasteiger partial charge in [-0.25, -0.2) is 14.2 Å². The van der Waals surface area contributed by atoms with E-state index in [1.807, 2.05) is 38.1 Å². The molecule has 426 valence electrons. The SMILES string of the molecule is CC(=O)N1CC[C@H]2CC[C@@H](C(=O)NC(CCC(N)=O)COc3cccc(CCCCC(=O)NC(C(=O)N4C[C@H](O)C[C@H]4C(=O)NC(C)c4ccc(-c5scnc5C)cc4)C(C)(C)C)c3F)N2C(=O)[C@@H](NC(=O)OC(C)(C)C)C1. The number of ether oxygens (including phenoxy) is 2. The minimum Gasteiger partial charge on any atom is -0.488 e. The second-order valence-electron chi connectivity index (χ2n) is 22.8. The summed E-state index contributed by atoms with van der Waals surface area (Å²) in [7, 11) is 0. The van der Waals surface area contributed by atoms with Gasteiger partial charge in [-0.1, -0.05) is 57.2 Å². The number of aryl methyl sites for hydroxylation is 2. The number of hydrogen-bond acceptors (Lipinski definition) is 13. The molecule has 4 heterocycles. The molecule has 3 saturated heterocycles.